The van der Waals surface area contributed by atoms with Crippen LogP contribution in [0.15, 0.2) is 5.38 Å². The molecule has 1 aromatic heterocycles. The Morgan fingerprint density at radius 2 is 2.07 bits per heavy atom. The van der Waals surface area contributed by atoms with Gasteiger partial charge >= 0.3 is 0 Å². The minimum absolute atomic E-state index is 0.331. The summed E-state index contributed by atoms with van der Waals surface area (Å²) in [4.78, 5) is 4.37. The lowest BCUT2D eigenvalue weighted by Crippen LogP contribution is -2.19. The summed E-state index contributed by atoms with van der Waals surface area (Å²) in [5, 5.41) is 13.2. The fourth-order valence-corrected chi connectivity index (χ4v) is 3.00. The Hall–Kier alpha value is -0.410. The van der Waals surface area contributed by atoms with Gasteiger partial charge in [-0.2, -0.15) is 0 Å². The second-order valence-electron chi connectivity index (χ2n) is 4.76. The van der Waals surface area contributed by atoms with Gasteiger partial charge in [-0.15, -0.1) is 11.3 Å². The molecule has 0 radical (unpaired) electrons. The third kappa shape index (κ3) is 2.58. The molecule has 1 aliphatic carbocycles. The van der Waals surface area contributed by atoms with Crippen LogP contribution in [-0.4, -0.2) is 10.1 Å². The Bertz CT molecular complexity index is 315. The van der Waals surface area contributed by atoms with Gasteiger partial charge < -0.3 is 5.11 Å². The summed E-state index contributed by atoms with van der Waals surface area (Å²) < 4.78 is 0. The van der Waals surface area contributed by atoms with Crippen LogP contribution in [0.25, 0.3) is 0 Å². The quantitative estimate of drug-likeness (QED) is 0.837. The van der Waals surface area contributed by atoms with E-state index >= 15 is 0 Å². The highest BCUT2D eigenvalue weighted by Crippen LogP contribution is 2.36. The van der Waals surface area contributed by atoms with Crippen LogP contribution in [-0.2, 0) is 0 Å². The molecule has 1 aliphatic rings. The van der Waals surface area contributed by atoms with Gasteiger partial charge in [-0.3, -0.25) is 0 Å². The maximum absolute atomic E-state index is 10.2. The molecule has 1 heterocycles. The molecule has 2 rings (SSSR count). The molecular formula is C12H19NOS. The number of aryl methyl sites for hydroxylation is 1. The van der Waals surface area contributed by atoms with E-state index in [9.17, 15) is 5.11 Å². The van der Waals surface area contributed by atoms with Crippen LogP contribution in [0, 0.1) is 18.8 Å². The molecule has 1 N–H and O–H groups in total. The fraction of sp³-hybridized carbons (Fsp3) is 0.750. The van der Waals surface area contributed by atoms with Gasteiger partial charge in [-0.25, -0.2) is 4.98 Å². The Kier molecular flexibility index (Phi) is 3.42. The highest BCUT2D eigenvalue weighted by molar-refractivity contribution is 7.09. The zero-order valence-electron chi connectivity index (χ0n) is 9.44. The summed E-state index contributed by atoms with van der Waals surface area (Å²) >= 11 is 1.63. The maximum atomic E-state index is 10.2. The van der Waals surface area contributed by atoms with E-state index in [-0.39, 0.29) is 6.10 Å². The van der Waals surface area contributed by atoms with E-state index in [1.807, 2.05) is 12.3 Å². The highest BCUT2D eigenvalue weighted by Gasteiger charge is 2.26. The molecule has 2 nitrogen and oxygen atoms in total. The van der Waals surface area contributed by atoms with E-state index in [1.54, 1.807) is 11.3 Å². The maximum Gasteiger partial charge on any atom is 0.0996 e. The van der Waals surface area contributed by atoms with E-state index in [4.69, 9.17) is 0 Å². The molecule has 0 spiro atoms. The van der Waals surface area contributed by atoms with Crippen LogP contribution in [0.2, 0.25) is 0 Å². The lowest BCUT2D eigenvalue weighted by Gasteiger charge is -2.29. The van der Waals surface area contributed by atoms with Crippen molar-refractivity contribution in [1.29, 1.82) is 0 Å². The molecule has 15 heavy (non-hydrogen) atoms. The first kappa shape index (κ1) is 11.1. The summed E-state index contributed by atoms with van der Waals surface area (Å²) in [7, 11) is 0. The van der Waals surface area contributed by atoms with Gasteiger partial charge in [0.2, 0.25) is 0 Å². The normalized spacial score (nSPS) is 29.0. The number of hydrogen-bond acceptors (Lipinski definition) is 3. The number of hydrogen-bond donors (Lipinski definition) is 1. The van der Waals surface area contributed by atoms with E-state index in [1.165, 1.54) is 12.8 Å². The van der Waals surface area contributed by atoms with Crippen molar-refractivity contribution in [2.24, 2.45) is 11.8 Å². The average Bonchev–Trinajstić information content (AvgIpc) is 2.65. The van der Waals surface area contributed by atoms with Crippen molar-refractivity contribution in [3.8, 4) is 0 Å². The second-order valence-corrected chi connectivity index (χ2v) is 5.82. The van der Waals surface area contributed by atoms with Crippen LogP contribution in [0.1, 0.15) is 49.4 Å². The van der Waals surface area contributed by atoms with Gasteiger partial charge in [0, 0.05) is 5.38 Å². The molecule has 84 valence electrons. The topological polar surface area (TPSA) is 33.1 Å². The fourth-order valence-electron chi connectivity index (χ4n) is 2.36. The van der Waals surface area contributed by atoms with Gasteiger partial charge in [0.05, 0.1) is 16.8 Å². The van der Waals surface area contributed by atoms with Crippen molar-refractivity contribution in [3.63, 3.8) is 0 Å². The molecule has 1 saturated carbocycles. The molecule has 0 amide bonds. The third-order valence-corrected chi connectivity index (χ3v) is 4.24. The number of rotatable bonds is 2. The number of aliphatic hydroxyl groups is 1. The number of aliphatic hydroxyl groups excluding tert-OH is 1. The van der Waals surface area contributed by atoms with Crippen LogP contribution in [0.5, 0.6) is 0 Å². The van der Waals surface area contributed by atoms with Gasteiger partial charge in [0.1, 0.15) is 0 Å². The molecular weight excluding hydrogens is 206 g/mol. The Labute approximate surface area is 95.4 Å². The van der Waals surface area contributed by atoms with Crippen molar-refractivity contribution in [2.45, 2.75) is 45.6 Å². The molecule has 1 atom stereocenters. The van der Waals surface area contributed by atoms with Crippen LogP contribution < -0.4 is 0 Å². The first-order valence-corrected chi connectivity index (χ1v) is 6.65. The van der Waals surface area contributed by atoms with Crippen LogP contribution in [0.4, 0.5) is 0 Å². The minimum Gasteiger partial charge on any atom is -0.386 e. The summed E-state index contributed by atoms with van der Waals surface area (Å²) in [6.07, 6.45) is 4.48. The zero-order chi connectivity index (χ0) is 10.8. The van der Waals surface area contributed by atoms with Gasteiger partial charge in [-0.05, 0) is 31.6 Å². The van der Waals surface area contributed by atoms with E-state index in [2.05, 4.69) is 11.9 Å². The Morgan fingerprint density at radius 3 is 2.60 bits per heavy atom. The third-order valence-electron chi connectivity index (χ3n) is 3.45. The number of aromatic nitrogens is 1. The summed E-state index contributed by atoms with van der Waals surface area (Å²) in [6.45, 7) is 4.29. The van der Waals surface area contributed by atoms with Crippen molar-refractivity contribution in [1.82, 2.24) is 4.98 Å². The SMILES string of the molecule is Cc1nc(C(O)C2CCC(C)CC2)cs1. The summed E-state index contributed by atoms with van der Waals surface area (Å²) in [5.41, 5.74) is 0.886. The van der Waals surface area contributed by atoms with E-state index < -0.39 is 0 Å². The minimum atomic E-state index is -0.331. The lowest BCUT2D eigenvalue weighted by atomic mass is 9.79. The van der Waals surface area contributed by atoms with Crippen molar-refractivity contribution < 1.29 is 5.11 Å². The van der Waals surface area contributed by atoms with Gasteiger partial charge in [0.25, 0.3) is 0 Å². The first-order chi connectivity index (χ1) is 7.16. The molecule has 0 bridgehead atoms. The molecule has 1 fully saturated rings. The molecule has 1 aromatic rings. The van der Waals surface area contributed by atoms with Crippen LogP contribution >= 0.6 is 11.3 Å². The van der Waals surface area contributed by atoms with Crippen molar-refractivity contribution in [3.05, 3.63) is 16.1 Å². The summed E-state index contributed by atoms with van der Waals surface area (Å²) in [5.74, 6) is 1.27. The van der Waals surface area contributed by atoms with Crippen LogP contribution in [0.3, 0.4) is 0 Å². The van der Waals surface area contributed by atoms with E-state index in [0.29, 0.717) is 5.92 Å². The molecule has 3 heteroatoms. The predicted octanol–water partition coefficient (Wildman–Crippen LogP) is 3.31. The van der Waals surface area contributed by atoms with Gasteiger partial charge in [0.15, 0.2) is 0 Å². The second kappa shape index (κ2) is 4.62. The first-order valence-electron chi connectivity index (χ1n) is 5.77. The average molecular weight is 225 g/mol. The monoisotopic (exact) mass is 225 g/mol. The Morgan fingerprint density at radius 1 is 1.40 bits per heavy atom. The molecule has 1 unspecified atom stereocenters. The highest BCUT2D eigenvalue weighted by atomic mass is 32.1. The van der Waals surface area contributed by atoms with Crippen molar-refractivity contribution in [2.75, 3.05) is 0 Å². The lowest BCUT2D eigenvalue weighted by molar-refractivity contribution is 0.0725. The predicted molar refractivity (Wildman–Crippen MR) is 62.9 cm³/mol. The Balaban J connectivity index is 1.99. The molecule has 0 aliphatic heterocycles. The smallest absolute Gasteiger partial charge is 0.0996 e. The van der Waals surface area contributed by atoms with E-state index in [0.717, 1.165) is 29.5 Å². The molecule has 0 aromatic carbocycles. The van der Waals surface area contributed by atoms with Crippen molar-refractivity contribution >= 4 is 11.3 Å². The zero-order valence-corrected chi connectivity index (χ0v) is 10.3. The number of nitrogens with zero attached hydrogens (tertiary/aromatic N) is 1. The largest absolute Gasteiger partial charge is 0.386 e. The standard InChI is InChI=1S/C12H19NOS/c1-8-3-5-10(6-4-8)12(14)11-7-15-9(2)13-11/h7-8,10,12,14H,3-6H2,1-2H3. The number of thiazole rings is 1. The van der Waals surface area contributed by atoms with Gasteiger partial charge in [-0.1, -0.05) is 19.8 Å². The summed E-state index contributed by atoms with van der Waals surface area (Å²) in [6, 6.07) is 0. The molecule has 0 saturated heterocycles.